The SMILES string of the molecule is C[C@H]1c2cccc(OP)c2C(=O)C2C(=O)[C@]3(O)C(=O)c4c(OP)noc4[C@@H](N(C)C)[C@@H]3C[C@@H]21. The third-order valence-electron chi connectivity index (χ3n) is 7.57. The van der Waals surface area contributed by atoms with Crippen LogP contribution in [0.4, 0.5) is 0 Å². The van der Waals surface area contributed by atoms with E-state index in [2.05, 4.69) is 14.6 Å². The lowest BCUT2D eigenvalue weighted by atomic mass is 9.52. The minimum atomic E-state index is -2.41. The number of rotatable bonds is 3. The van der Waals surface area contributed by atoms with E-state index in [4.69, 9.17) is 13.6 Å². The summed E-state index contributed by atoms with van der Waals surface area (Å²) in [6, 6.07) is 4.71. The van der Waals surface area contributed by atoms with Crippen LogP contribution in [0.3, 0.4) is 0 Å². The smallest absolute Gasteiger partial charge is 0.267 e. The summed E-state index contributed by atoms with van der Waals surface area (Å²) in [7, 11) is 7.66. The van der Waals surface area contributed by atoms with Crippen molar-refractivity contribution < 1.29 is 33.1 Å². The number of aliphatic hydroxyl groups is 1. The van der Waals surface area contributed by atoms with Gasteiger partial charge in [0, 0.05) is 5.92 Å². The van der Waals surface area contributed by atoms with Gasteiger partial charge in [-0.25, -0.2) is 0 Å². The molecule has 1 saturated carbocycles. The first kappa shape index (κ1) is 22.6. The van der Waals surface area contributed by atoms with Crippen molar-refractivity contribution in [2.45, 2.75) is 30.9 Å². The number of hydrogen-bond donors (Lipinski definition) is 1. The maximum absolute atomic E-state index is 13.9. The molecule has 0 saturated heterocycles. The standard InChI is InChI=1S/C22H24N2O7P2/c1-8-9-5-4-6-12(30-32)13(9)17(25)14-10(8)7-11-16(24(2)3)18-15(21(31-33)23-29-18)20(27)22(11,28)19(14)26/h4-6,8,10-11,14,16,28H,7,32-33H2,1-3H3/t8-,10+,11-,14?,16-,22-/m0/s1. The van der Waals surface area contributed by atoms with Crippen LogP contribution < -0.4 is 9.05 Å². The molecule has 8 atom stereocenters. The average Bonchev–Trinajstić information content (AvgIpc) is 3.22. The Morgan fingerprint density at radius 3 is 2.55 bits per heavy atom. The zero-order valence-electron chi connectivity index (χ0n) is 18.3. The monoisotopic (exact) mass is 490 g/mol. The molecule has 33 heavy (non-hydrogen) atoms. The average molecular weight is 490 g/mol. The normalized spacial score (nSPS) is 32.7. The Labute approximate surface area is 194 Å². The van der Waals surface area contributed by atoms with Gasteiger partial charge in [0.1, 0.15) is 11.3 Å². The zero-order chi connectivity index (χ0) is 23.8. The van der Waals surface area contributed by atoms with Gasteiger partial charge in [0.25, 0.3) is 5.88 Å². The van der Waals surface area contributed by atoms with Gasteiger partial charge >= 0.3 is 0 Å². The molecular weight excluding hydrogens is 466 g/mol. The lowest BCUT2D eigenvalue weighted by Crippen LogP contribution is -2.66. The second kappa shape index (κ2) is 7.67. The summed E-state index contributed by atoms with van der Waals surface area (Å²) in [4.78, 5) is 43.0. The fourth-order valence-electron chi connectivity index (χ4n) is 6.08. The van der Waals surface area contributed by atoms with E-state index in [1.807, 2.05) is 22.5 Å². The van der Waals surface area contributed by atoms with Crippen LogP contribution in [-0.2, 0) is 4.79 Å². The fourth-order valence-corrected chi connectivity index (χ4v) is 6.44. The predicted molar refractivity (Wildman–Crippen MR) is 122 cm³/mol. The summed E-state index contributed by atoms with van der Waals surface area (Å²) in [6.07, 6.45) is 0.275. The Morgan fingerprint density at radius 2 is 1.91 bits per heavy atom. The fraction of sp³-hybridized carbons (Fsp3) is 0.455. The van der Waals surface area contributed by atoms with Crippen LogP contribution in [0.15, 0.2) is 22.7 Å². The maximum Gasteiger partial charge on any atom is 0.267 e. The van der Waals surface area contributed by atoms with Crippen LogP contribution in [-0.4, -0.2) is 52.2 Å². The second-order valence-corrected chi connectivity index (χ2v) is 9.66. The molecule has 3 aliphatic carbocycles. The second-order valence-electron chi connectivity index (χ2n) is 9.19. The van der Waals surface area contributed by atoms with Crippen LogP contribution in [0.1, 0.15) is 57.3 Å². The van der Waals surface area contributed by atoms with E-state index in [9.17, 15) is 19.5 Å². The molecule has 0 aliphatic heterocycles. The molecule has 1 N–H and O–H groups in total. The summed E-state index contributed by atoms with van der Waals surface area (Å²) in [5.41, 5.74) is -1.36. The molecule has 3 unspecified atom stereocenters. The molecule has 1 heterocycles. The summed E-state index contributed by atoms with van der Waals surface area (Å²) < 4.78 is 15.9. The van der Waals surface area contributed by atoms with E-state index in [1.54, 1.807) is 31.1 Å². The van der Waals surface area contributed by atoms with E-state index >= 15 is 0 Å². The molecule has 5 rings (SSSR count). The highest BCUT2D eigenvalue weighted by Crippen LogP contribution is 2.57. The molecule has 0 amide bonds. The Kier molecular flexibility index (Phi) is 5.25. The number of hydrogen-bond acceptors (Lipinski definition) is 9. The largest absolute Gasteiger partial charge is 0.480 e. The van der Waals surface area contributed by atoms with Crippen LogP contribution >= 0.6 is 18.9 Å². The molecule has 1 fully saturated rings. The number of Topliss-reactive ketones (excluding diaryl/α,β-unsaturated/α-hetero) is 3. The van der Waals surface area contributed by atoms with Crippen LogP contribution in [0.5, 0.6) is 11.6 Å². The molecule has 9 nitrogen and oxygen atoms in total. The number of carbonyl (C=O) groups is 3. The number of ketones is 3. The number of fused-ring (bicyclic) bond motifs is 4. The third-order valence-corrected chi connectivity index (χ3v) is 8.05. The molecule has 3 aliphatic rings. The molecule has 0 bridgehead atoms. The van der Waals surface area contributed by atoms with Crippen LogP contribution in [0, 0.1) is 17.8 Å². The Balaban J connectivity index is 1.71. The van der Waals surface area contributed by atoms with Crippen molar-refractivity contribution in [1.29, 1.82) is 0 Å². The lowest BCUT2D eigenvalue weighted by Gasteiger charge is -2.52. The van der Waals surface area contributed by atoms with Gasteiger partial charge in [0.15, 0.2) is 22.9 Å². The van der Waals surface area contributed by atoms with E-state index < -0.39 is 40.8 Å². The van der Waals surface area contributed by atoms with E-state index in [1.165, 1.54) is 0 Å². The maximum atomic E-state index is 13.9. The zero-order valence-corrected chi connectivity index (χ0v) is 20.6. The highest BCUT2D eigenvalue weighted by atomic mass is 31.0. The van der Waals surface area contributed by atoms with Crippen molar-refractivity contribution in [3.8, 4) is 11.6 Å². The van der Waals surface area contributed by atoms with E-state index in [0.717, 1.165) is 5.56 Å². The summed E-state index contributed by atoms with van der Waals surface area (Å²) in [5, 5.41) is 15.6. The van der Waals surface area contributed by atoms with Gasteiger partial charge in [0.05, 0.1) is 36.5 Å². The molecule has 0 radical (unpaired) electrons. The van der Waals surface area contributed by atoms with Gasteiger partial charge in [-0.1, -0.05) is 19.1 Å². The van der Waals surface area contributed by atoms with Gasteiger partial charge in [0.2, 0.25) is 5.78 Å². The van der Waals surface area contributed by atoms with Crippen LogP contribution in [0.2, 0.25) is 0 Å². The minimum Gasteiger partial charge on any atom is -0.480 e. The van der Waals surface area contributed by atoms with E-state index in [0.29, 0.717) is 11.3 Å². The van der Waals surface area contributed by atoms with Gasteiger partial charge in [-0.15, -0.1) is 0 Å². The molecule has 174 valence electrons. The van der Waals surface area contributed by atoms with Crippen molar-refractivity contribution in [1.82, 2.24) is 10.1 Å². The lowest BCUT2D eigenvalue weighted by molar-refractivity contribution is -0.154. The highest BCUT2D eigenvalue weighted by Gasteiger charge is 2.68. The number of aromatic nitrogens is 1. The summed E-state index contributed by atoms with van der Waals surface area (Å²) in [6.45, 7) is 1.96. The quantitative estimate of drug-likeness (QED) is 0.511. The first-order valence-corrected chi connectivity index (χ1v) is 11.5. The summed E-state index contributed by atoms with van der Waals surface area (Å²) >= 11 is 0. The molecular formula is C22H24N2O7P2. The first-order valence-electron chi connectivity index (χ1n) is 10.6. The van der Waals surface area contributed by atoms with Crippen molar-refractivity contribution in [3.63, 3.8) is 0 Å². The summed E-state index contributed by atoms with van der Waals surface area (Å²) in [5.74, 6) is -4.14. The van der Waals surface area contributed by atoms with Crippen molar-refractivity contribution in [3.05, 3.63) is 40.6 Å². The van der Waals surface area contributed by atoms with Crippen molar-refractivity contribution >= 4 is 36.3 Å². The number of nitrogens with zero attached hydrogens (tertiary/aromatic N) is 2. The third kappa shape index (κ3) is 2.80. The van der Waals surface area contributed by atoms with E-state index in [-0.39, 0.29) is 35.5 Å². The first-order chi connectivity index (χ1) is 15.7. The molecule has 1 aromatic carbocycles. The van der Waals surface area contributed by atoms with Gasteiger partial charge < -0.3 is 18.7 Å². The van der Waals surface area contributed by atoms with Gasteiger partial charge in [-0.3, -0.25) is 19.3 Å². The minimum absolute atomic E-state index is 0.0695. The van der Waals surface area contributed by atoms with Gasteiger partial charge in [-0.2, -0.15) is 0 Å². The van der Waals surface area contributed by atoms with Crippen molar-refractivity contribution in [2.24, 2.45) is 17.8 Å². The Morgan fingerprint density at radius 1 is 1.18 bits per heavy atom. The molecule has 11 heteroatoms. The molecule has 0 spiro atoms. The highest BCUT2D eigenvalue weighted by molar-refractivity contribution is 7.10. The Hall–Kier alpha value is -2.18. The topological polar surface area (TPSA) is 119 Å². The van der Waals surface area contributed by atoms with Gasteiger partial charge in [-0.05, 0) is 49.1 Å². The van der Waals surface area contributed by atoms with Crippen LogP contribution in [0.25, 0.3) is 0 Å². The number of benzene rings is 1. The molecule has 1 aromatic heterocycles. The predicted octanol–water partition coefficient (Wildman–Crippen LogP) is 2.36. The molecule has 2 aromatic rings. The van der Waals surface area contributed by atoms with Crippen molar-refractivity contribution in [2.75, 3.05) is 14.1 Å². The Bertz CT molecular complexity index is 1200. The number of carbonyl (C=O) groups excluding carboxylic acids is 3.